The van der Waals surface area contributed by atoms with Crippen LogP contribution in [0.25, 0.3) is 0 Å². The molecule has 0 N–H and O–H groups in total. The van der Waals surface area contributed by atoms with Gasteiger partial charge in [-0.3, -0.25) is 0 Å². The molecule has 0 aromatic rings. The Hall–Kier alpha value is 0.465. The van der Waals surface area contributed by atoms with Crippen molar-refractivity contribution in [2.24, 2.45) is 0 Å². The van der Waals surface area contributed by atoms with Crippen molar-refractivity contribution in [1.29, 1.82) is 0 Å². The smallest absolute Gasteiger partial charge is 0.613 e. The molecule has 0 aromatic carbocycles. The van der Waals surface area contributed by atoms with Gasteiger partial charge in [0.15, 0.2) is 6.21 Å². The Bertz CT molecular complexity index is 62.3. The van der Waals surface area contributed by atoms with Crippen LogP contribution in [0.3, 0.4) is 0 Å². The van der Waals surface area contributed by atoms with Gasteiger partial charge in [-0.1, -0.05) is 6.92 Å². The fourth-order valence-corrected chi connectivity index (χ4v) is 0.149. The summed E-state index contributed by atoms with van der Waals surface area (Å²) in [5.74, 6) is 0. The Balaban J connectivity index is -0.000000125. The zero-order chi connectivity index (χ0) is 4.99. The summed E-state index contributed by atoms with van der Waals surface area (Å²) in [7, 11) is 0. The molecule has 0 amide bonds. The molecule has 36 valence electrons. The number of rotatable bonds is 1. The van der Waals surface area contributed by atoms with Crippen LogP contribution in [0.15, 0.2) is 0 Å². The first-order valence-electron chi connectivity index (χ1n) is 1.74. The molecule has 0 unspecified atom stereocenters. The third-order valence-electron chi connectivity index (χ3n) is 0.332. The predicted octanol–water partition coefficient (Wildman–Crippen LogP) is -5.52. The van der Waals surface area contributed by atoms with Crippen molar-refractivity contribution in [3.63, 3.8) is 0 Å². The van der Waals surface area contributed by atoms with Gasteiger partial charge in [0.1, 0.15) is 0 Å². The molecule has 0 heterocycles. The van der Waals surface area contributed by atoms with Crippen LogP contribution in [-0.4, -0.2) is 11.1 Å². The maximum atomic E-state index is 9.35. The van der Waals surface area contributed by atoms with E-state index in [2.05, 4.69) is 0 Å². The van der Waals surface area contributed by atoms with Crippen LogP contribution < -0.4 is 37.7 Å². The van der Waals surface area contributed by atoms with E-state index in [1.807, 2.05) is 0 Å². The second-order valence-electron chi connectivity index (χ2n) is 0.876. The molecule has 0 saturated carbocycles. The Kier molecular flexibility index (Phi) is 20.6. The van der Waals surface area contributed by atoms with Crippen LogP contribution in [0, 0.1) is 10.4 Å². The molecule has 0 aliphatic heterocycles. The summed E-state index contributed by atoms with van der Waals surface area (Å²) in [4.78, 5) is -0.444. The zero-order valence-corrected chi connectivity index (χ0v) is 5.55. The maximum Gasteiger partial charge on any atom is 1.00 e. The largest absolute Gasteiger partial charge is 1.00 e. The Labute approximate surface area is 72.7 Å². The summed E-state index contributed by atoms with van der Waals surface area (Å²) < 4.78 is 0. The molecule has 5 heteroatoms. The molecule has 0 aromatic heterocycles. The predicted molar refractivity (Wildman–Crippen MR) is 23.3 cm³/mol. The van der Waals surface area contributed by atoms with Gasteiger partial charge in [-0.05, 0) is 0 Å². The Morgan fingerprint density at radius 1 is 1.38 bits per heavy atom. The molecule has 0 rings (SSSR count). The number of nitrogens with zero attached hydrogens (tertiary/aromatic N) is 1. The minimum atomic E-state index is -0.444. The number of hydrogen-bond acceptors (Lipinski definition) is 2. The summed E-state index contributed by atoms with van der Waals surface area (Å²) in [6, 6.07) is 0. The molecule has 8 heavy (non-hydrogen) atoms. The first kappa shape index (κ1) is 15.8. The van der Waals surface area contributed by atoms with Crippen LogP contribution in [0.4, 0.5) is 0 Å². The zero-order valence-electron chi connectivity index (χ0n) is 5.55. The van der Waals surface area contributed by atoms with Gasteiger partial charge in [0.25, 0.3) is 0 Å². The van der Waals surface area contributed by atoms with Crippen molar-refractivity contribution in [1.82, 2.24) is 0 Å². The van der Waals surface area contributed by atoms with Gasteiger partial charge in [-0.25, -0.2) is 0 Å². The fraction of sp³-hybridized carbons (Fsp3) is 0.667. The molecular weight excluding hydrogens is 95.9 g/mol. The average molecular weight is 102 g/mol. The third-order valence-corrected chi connectivity index (χ3v) is 0.332. The minimum Gasteiger partial charge on any atom is -0.613 e. The van der Waals surface area contributed by atoms with E-state index in [4.69, 9.17) is 0 Å². The molecule has 3 nitrogen and oxygen atoms in total. The van der Waals surface area contributed by atoms with Gasteiger partial charge in [-0.15, -0.1) is 0 Å². The molecule has 0 fully saturated rings. The summed E-state index contributed by atoms with van der Waals surface area (Å²) >= 11 is 0. The van der Waals surface area contributed by atoms with E-state index >= 15 is 0 Å². The second-order valence-corrected chi connectivity index (χ2v) is 0.876. The minimum absolute atomic E-state index is 0. The maximum absolute atomic E-state index is 9.35. The molecular formula is C3H6Li2NO2+. The van der Waals surface area contributed by atoms with E-state index in [1.165, 1.54) is 0 Å². The van der Waals surface area contributed by atoms with Gasteiger partial charge < -0.3 is 10.4 Å². The van der Waals surface area contributed by atoms with Crippen LogP contribution in [0.1, 0.15) is 13.3 Å². The summed E-state index contributed by atoms with van der Waals surface area (Å²) in [5, 5.41) is 18.7. The van der Waals surface area contributed by atoms with Crippen molar-refractivity contribution in [2.75, 3.05) is 0 Å². The normalized spacial score (nSPS) is 5.62. The average Bonchev–Trinajstić information content (AvgIpc) is 1.35. The molecule has 0 saturated heterocycles. The van der Waals surface area contributed by atoms with Crippen LogP contribution in [-0.2, 0) is 0 Å². The topological polar surface area (TPSA) is 49.1 Å². The monoisotopic (exact) mass is 102 g/mol. The van der Waals surface area contributed by atoms with Crippen molar-refractivity contribution in [3.8, 4) is 0 Å². The first-order chi connectivity index (χ1) is 2.77. The third kappa shape index (κ3) is 16.1. The van der Waals surface area contributed by atoms with Gasteiger partial charge >= 0.3 is 37.7 Å². The fourth-order valence-electron chi connectivity index (χ4n) is 0.149. The molecule has 0 aliphatic rings. The van der Waals surface area contributed by atoms with Crippen LogP contribution >= 0.6 is 0 Å². The first-order valence-corrected chi connectivity index (χ1v) is 1.74. The summed E-state index contributed by atoms with van der Waals surface area (Å²) in [5.41, 5.74) is 0. The standard InChI is InChI=1S/C3H6NO2.2Li/c1-2-3-4(5)6;;/h3H,2H2,1H3;;/q-1;2*+1. The van der Waals surface area contributed by atoms with E-state index in [-0.39, 0.29) is 37.7 Å². The molecule has 0 bridgehead atoms. The van der Waals surface area contributed by atoms with Gasteiger partial charge in [0.2, 0.25) is 0 Å². The molecule has 0 spiro atoms. The van der Waals surface area contributed by atoms with Crippen molar-refractivity contribution in [3.05, 3.63) is 10.4 Å². The Morgan fingerprint density at radius 3 is 1.75 bits per heavy atom. The molecule has 0 radical (unpaired) electrons. The van der Waals surface area contributed by atoms with E-state index in [1.54, 1.807) is 6.92 Å². The number of hydrogen-bond donors (Lipinski definition) is 0. The van der Waals surface area contributed by atoms with E-state index < -0.39 is 4.90 Å². The Morgan fingerprint density at radius 2 is 1.75 bits per heavy atom. The molecule has 0 aliphatic carbocycles. The SMILES string of the molecule is CCC=[N+]([O-])[O-].[Li+].[Li+]. The van der Waals surface area contributed by atoms with Crippen molar-refractivity contribution in [2.45, 2.75) is 13.3 Å². The van der Waals surface area contributed by atoms with Crippen LogP contribution in [0.2, 0.25) is 0 Å². The van der Waals surface area contributed by atoms with Gasteiger partial charge in [-0.2, -0.15) is 4.90 Å². The quantitative estimate of drug-likeness (QED) is 0.143. The van der Waals surface area contributed by atoms with Crippen molar-refractivity contribution >= 4 is 6.21 Å². The van der Waals surface area contributed by atoms with Crippen LogP contribution in [0.5, 0.6) is 0 Å². The van der Waals surface area contributed by atoms with Gasteiger partial charge in [0, 0.05) is 6.42 Å². The van der Waals surface area contributed by atoms with Crippen molar-refractivity contribution < 1.29 is 42.6 Å². The van der Waals surface area contributed by atoms with E-state index in [0.29, 0.717) is 6.42 Å². The summed E-state index contributed by atoms with van der Waals surface area (Å²) in [6.07, 6.45) is 1.52. The van der Waals surface area contributed by atoms with Gasteiger partial charge in [0.05, 0.1) is 0 Å². The van der Waals surface area contributed by atoms with E-state index in [9.17, 15) is 10.4 Å². The van der Waals surface area contributed by atoms with E-state index in [0.717, 1.165) is 6.21 Å². The second kappa shape index (κ2) is 10.4. The summed E-state index contributed by atoms with van der Waals surface area (Å²) in [6.45, 7) is 1.72. The molecule has 0 atom stereocenters.